The molecule has 3 nitrogen and oxygen atoms in total. The standard InChI is InChI=1S/C24H13ClN2O/c25-15-9-7-14(8-10-15)22-18-12-11-17-16-4-1-2-6-20(16)28-24(17)21(18)23-19(27-22)5-3-13-26-23/h1-13H. The van der Waals surface area contributed by atoms with E-state index in [0.29, 0.717) is 5.02 Å². The molecule has 0 saturated heterocycles. The van der Waals surface area contributed by atoms with Crippen LogP contribution in [0, 0.1) is 0 Å². The van der Waals surface area contributed by atoms with Crippen molar-refractivity contribution in [2.24, 2.45) is 0 Å². The number of rotatable bonds is 1. The van der Waals surface area contributed by atoms with Crippen molar-refractivity contribution in [1.29, 1.82) is 0 Å². The van der Waals surface area contributed by atoms with Crippen LogP contribution < -0.4 is 0 Å². The van der Waals surface area contributed by atoms with Crippen molar-refractivity contribution in [2.45, 2.75) is 0 Å². The summed E-state index contributed by atoms with van der Waals surface area (Å²) in [6.07, 6.45) is 1.80. The van der Waals surface area contributed by atoms with Gasteiger partial charge in [-0.2, -0.15) is 0 Å². The summed E-state index contributed by atoms with van der Waals surface area (Å²) in [6, 6.07) is 24.0. The van der Waals surface area contributed by atoms with Crippen molar-refractivity contribution in [3.8, 4) is 11.3 Å². The molecule has 3 aromatic heterocycles. The SMILES string of the molecule is Clc1ccc(-c2nc3cccnc3c3c2ccc2c4ccccc4oc23)cc1. The Balaban J connectivity index is 1.85. The summed E-state index contributed by atoms with van der Waals surface area (Å²) in [5.41, 5.74) is 5.32. The Hall–Kier alpha value is -3.43. The molecule has 0 N–H and O–H groups in total. The van der Waals surface area contributed by atoms with Crippen LogP contribution >= 0.6 is 11.6 Å². The molecule has 28 heavy (non-hydrogen) atoms. The minimum Gasteiger partial charge on any atom is -0.455 e. The second kappa shape index (κ2) is 5.78. The predicted molar refractivity (Wildman–Crippen MR) is 115 cm³/mol. The third-order valence-electron chi connectivity index (χ3n) is 5.18. The van der Waals surface area contributed by atoms with Gasteiger partial charge in [-0.3, -0.25) is 4.98 Å². The molecular formula is C24H13ClN2O. The number of pyridine rings is 2. The van der Waals surface area contributed by atoms with Crippen LogP contribution in [0.2, 0.25) is 5.02 Å². The molecule has 4 heteroatoms. The number of para-hydroxylation sites is 1. The van der Waals surface area contributed by atoms with Gasteiger partial charge in [-0.1, -0.05) is 48.0 Å². The lowest BCUT2D eigenvalue weighted by atomic mass is 10.00. The maximum Gasteiger partial charge on any atom is 0.145 e. The molecule has 3 aromatic carbocycles. The lowest BCUT2D eigenvalue weighted by Crippen LogP contribution is -1.91. The van der Waals surface area contributed by atoms with Crippen LogP contribution in [0.25, 0.3) is 55.0 Å². The molecule has 0 fully saturated rings. The highest BCUT2D eigenvalue weighted by Gasteiger charge is 2.17. The molecule has 0 saturated carbocycles. The van der Waals surface area contributed by atoms with E-state index < -0.39 is 0 Å². The zero-order chi connectivity index (χ0) is 18.7. The van der Waals surface area contributed by atoms with Gasteiger partial charge in [-0.15, -0.1) is 0 Å². The quantitative estimate of drug-likeness (QED) is 0.288. The summed E-state index contributed by atoms with van der Waals surface area (Å²) in [5, 5.41) is 4.90. The fourth-order valence-electron chi connectivity index (χ4n) is 3.91. The van der Waals surface area contributed by atoms with Crippen LogP contribution in [0.5, 0.6) is 0 Å². The van der Waals surface area contributed by atoms with E-state index in [-0.39, 0.29) is 0 Å². The monoisotopic (exact) mass is 380 g/mol. The van der Waals surface area contributed by atoms with E-state index in [1.165, 1.54) is 0 Å². The molecule has 0 atom stereocenters. The first-order chi connectivity index (χ1) is 13.8. The number of furan rings is 1. The van der Waals surface area contributed by atoms with Crippen LogP contribution in [0.3, 0.4) is 0 Å². The van der Waals surface area contributed by atoms with Crippen LogP contribution in [0.1, 0.15) is 0 Å². The van der Waals surface area contributed by atoms with Crippen molar-refractivity contribution >= 4 is 55.3 Å². The lowest BCUT2D eigenvalue weighted by Gasteiger charge is -2.10. The van der Waals surface area contributed by atoms with Gasteiger partial charge in [0.15, 0.2) is 0 Å². The summed E-state index contributed by atoms with van der Waals surface area (Å²) in [7, 11) is 0. The fraction of sp³-hybridized carbons (Fsp3) is 0. The molecule has 0 aliphatic carbocycles. The number of aromatic nitrogens is 2. The number of hydrogen-bond donors (Lipinski definition) is 0. The average Bonchev–Trinajstić information content (AvgIpc) is 3.12. The Morgan fingerprint density at radius 1 is 0.750 bits per heavy atom. The highest BCUT2D eigenvalue weighted by Crippen LogP contribution is 2.39. The normalized spacial score (nSPS) is 11.8. The van der Waals surface area contributed by atoms with Crippen LogP contribution in [-0.2, 0) is 0 Å². The first kappa shape index (κ1) is 15.6. The molecule has 6 rings (SSSR count). The molecule has 0 aliphatic heterocycles. The van der Waals surface area contributed by atoms with Crippen molar-refractivity contribution in [2.75, 3.05) is 0 Å². The summed E-state index contributed by atoms with van der Waals surface area (Å²) in [5.74, 6) is 0. The molecule has 3 heterocycles. The number of benzene rings is 3. The van der Waals surface area contributed by atoms with Crippen molar-refractivity contribution in [3.63, 3.8) is 0 Å². The predicted octanol–water partition coefficient (Wildman–Crippen LogP) is 7.00. The Labute approximate surface area is 165 Å². The molecule has 0 unspecified atom stereocenters. The van der Waals surface area contributed by atoms with Crippen LogP contribution in [0.15, 0.2) is 83.4 Å². The van der Waals surface area contributed by atoms with Crippen molar-refractivity contribution in [3.05, 3.63) is 84.0 Å². The van der Waals surface area contributed by atoms with E-state index in [4.69, 9.17) is 21.0 Å². The minimum absolute atomic E-state index is 0.704. The zero-order valence-corrected chi connectivity index (χ0v) is 15.4. The molecule has 0 radical (unpaired) electrons. The van der Waals surface area contributed by atoms with Gasteiger partial charge in [-0.05, 0) is 36.4 Å². The van der Waals surface area contributed by atoms with Crippen LogP contribution in [-0.4, -0.2) is 9.97 Å². The second-order valence-corrected chi connectivity index (χ2v) is 7.24. The van der Waals surface area contributed by atoms with Crippen LogP contribution in [0.4, 0.5) is 0 Å². The van der Waals surface area contributed by atoms with E-state index in [2.05, 4.69) is 23.2 Å². The first-order valence-corrected chi connectivity index (χ1v) is 9.42. The van der Waals surface area contributed by atoms with Gasteiger partial charge >= 0.3 is 0 Å². The molecule has 0 amide bonds. The van der Waals surface area contributed by atoms with Gasteiger partial charge in [-0.25, -0.2) is 4.98 Å². The number of fused-ring (bicyclic) bond motifs is 7. The Morgan fingerprint density at radius 2 is 1.57 bits per heavy atom. The topological polar surface area (TPSA) is 38.9 Å². The van der Waals surface area contributed by atoms with E-state index in [1.54, 1.807) is 6.20 Å². The molecule has 0 spiro atoms. The van der Waals surface area contributed by atoms with E-state index in [9.17, 15) is 0 Å². The van der Waals surface area contributed by atoms with E-state index in [1.807, 2.05) is 54.6 Å². The van der Waals surface area contributed by atoms with E-state index >= 15 is 0 Å². The first-order valence-electron chi connectivity index (χ1n) is 9.04. The summed E-state index contributed by atoms with van der Waals surface area (Å²) in [4.78, 5) is 9.55. The molecule has 6 aromatic rings. The van der Waals surface area contributed by atoms with Crippen molar-refractivity contribution < 1.29 is 4.42 Å². The lowest BCUT2D eigenvalue weighted by molar-refractivity contribution is 0.673. The van der Waals surface area contributed by atoms with Gasteiger partial charge < -0.3 is 4.42 Å². The van der Waals surface area contributed by atoms with Crippen molar-refractivity contribution in [1.82, 2.24) is 9.97 Å². The third-order valence-corrected chi connectivity index (χ3v) is 5.43. The summed E-state index contributed by atoms with van der Waals surface area (Å²) < 4.78 is 6.29. The second-order valence-electron chi connectivity index (χ2n) is 6.80. The van der Waals surface area contributed by atoms with Gasteiger partial charge in [0.05, 0.1) is 16.6 Å². The smallest absolute Gasteiger partial charge is 0.145 e. The summed E-state index contributed by atoms with van der Waals surface area (Å²) in [6.45, 7) is 0. The number of hydrogen-bond acceptors (Lipinski definition) is 3. The largest absolute Gasteiger partial charge is 0.455 e. The van der Waals surface area contributed by atoms with Gasteiger partial charge in [0.2, 0.25) is 0 Å². The van der Waals surface area contributed by atoms with Gasteiger partial charge in [0.25, 0.3) is 0 Å². The molecule has 0 aliphatic rings. The number of nitrogens with zero attached hydrogens (tertiary/aromatic N) is 2. The minimum atomic E-state index is 0.704. The maximum atomic E-state index is 6.29. The Kier molecular flexibility index (Phi) is 3.22. The zero-order valence-electron chi connectivity index (χ0n) is 14.7. The highest BCUT2D eigenvalue weighted by atomic mass is 35.5. The number of halogens is 1. The molecular weight excluding hydrogens is 368 g/mol. The molecule has 132 valence electrons. The van der Waals surface area contributed by atoms with Gasteiger partial charge in [0, 0.05) is 32.9 Å². The Morgan fingerprint density at radius 3 is 2.46 bits per heavy atom. The Bertz CT molecular complexity index is 1520. The maximum absolute atomic E-state index is 6.29. The highest BCUT2D eigenvalue weighted by molar-refractivity contribution is 6.30. The van der Waals surface area contributed by atoms with E-state index in [0.717, 1.165) is 55.0 Å². The molecule has 0 bridgehead atoms. The summed E-state index contributed by atoms with van der Waals surface area (Å²) >= 11 is 6.09. The average molecular weight is 381 g/mol. The third kappa shape index (κ3) is 2.17. The van der Waals surface area contributed by atoms with Gasteiger partial charge in [0.1, 0.15) is 16.7 Å². The fourth-order valence-corrected chi connectivity index (χ4v) is 4.04.